The maximum atomic E-state index is 10.1. The van der Waals surface area contributed by atoms with Gasteiger partial charge in [-0.05, 0) is 45.0 Å². The Balaban J connectivity index is 2.18. The zero-order valence-corrected chi connectivity index (χ0v) is 20.0. The van der Waals surface area contributed by atoms with Crippen LogP contribution in [0.3, 0.4) is 0 Å². The predicted molar refractivity (Wildman–Crippen MR) is 128 cm³/mol. The predicted octanol–water partition coefficient (Wildman–Crippen LogP) is 5.62. The fourth-order valence-corrected chi connectivity index (χ4v) is 5.20. The lowest BCUT2D eigenvalue weighted by molar-refractivity contribution is 0.299. The number of hydrogen-bond donors (Lipinski definition) is 0. The Morgan fingerprint density at radius 2 is 1.87 bits per heavy atom. The van der Waals surface area contributed by atoms with E-state index in [0.29, 0.717) is 16.1 Å². The van der Waals surface area contributed by atoms with Crippen LogP contribution in [-0.2, 0) is 5.41 Å². The Hall–Kier alpha value is -2.55. The maximum Gasteiger partial charge on any atom is 0.140 e. The molecule has 31 heavy (non-hydrogen) atoms. The van der Waals surface area contributed by atoms with E-state index in [2.05, 4.69) is 62.9 Å². The molecule has 1 fully saturated rings. The number of rotatable bonds is 3. The van der Waals surface area contributed by atoms with Crippen LogP contribution in [0.2, 0.25) is 5.02 Å². The zero-order valence-electron chi connectivity index (χ0n) is 19.2. The largest absolute Gasteiger partial charge is 0.340 e. The first-order valence-corrected chi connectivity index (χ1v) is 11.2. The van der Waals surface area contributed by atoms with Gasteiger partial charge < -0.3 is 4.90 Å². The van der Waals surface area contributed by atoms with Gasteiger partial charge in [0.25, 0.3) is 0 Å². The molecular formula is C25H30ClN5. The van der Waals surface area contributed by atoms with Crippen molar-refractivity contribution >= 4 is 22.9 Å². The molecule has 0 spiro atoms. The topological polar surface area (TPSA) is 47.6 Å². The molecule has 0 N–H and O–H groups in total. The number of anilines is 1. The standard InChI is InChI=1S/C25H30ClN5/c1-16-18(15-27)22-21(26)23(25(2,3)4)28-31(22)24(20(16)17-11-8-7-9-12-17)30-14-10-13-19(30)29(5)6/h7-9,11-12,19H,10,13-14H2,1-6H3. The van der Waals surface area contributed by atoms with E-state index in [4.69, 9.17) is 16.7 Å². The van der Waals surface area contributed by atoms with Gasteiger partial charge >= 0.3 is 0 Å². The highest BCUT2D eigenvalue weighted by Gasteiger charge is 2.35. The number of aromatic nitrogens is 2. The second-order valence-corrected chi connectivity index (χ2v) is 10.0. The van der Waals surface area contributed by atoms with Crippen molar-refractivity contribution in [1.82, 2.24) is 14.5 Å². The molecule has 1 aromatic carbocycles. The highest BCUT2D eigenvalue weighted by Crippen LogP contribution is 2.44. The van der Waals surface area contributed by atoms with Crippen molar-refractivity contribution in [3.05, 3.63) is 52.2 Å². The average Bonchev–Trinajstić information content (AvgIpc) is 3.33. The minimum atomic E-state index is -0.236. The van der Waals surface area contributed by atoms with Gasteiger partial charge in [0.2, 0.25) is 0 Å². The summed E-state index contributed by atoms with van der Waals surface area (Å²) in [6.07, 6.45) is 2.46. The van der Waals surface area contributed by atoms with Crippen LogP contribution in [0, 0.1) is 18.3 Å². The number of benzene rings is 1. The van der Waals surface area contributed by atoms with Gasteiger partial charge in [0.05, 0.1) is 22.4 Å². The summed E-state index contributed by atoms with van der Waals surface area (Å²) < 4.78 is 1.94. The van der Waals surface area contributed by atoms with Crippen LogP contribution >= 0.6 is 11.6 Å². The van der Waals surface area contributed by atoms with E-state index < -0.39 is 0 Å². The van der Waals surface area contributed by atoms with Crippen LogP contribution in [0.15, 0.2) is 30.3 Å². The molecule has 0 bridgehead atoms. The molecule has 1 atom stereocenters. The third kappa shape index (κ3) is 3.48. The summed E-state index contributed by atoms with van der Waals surface area (Å²) in [7, 11) is 4.24. The Morgan fingerprint density at radius 1 is 1.19 bits per heavy atom. The molecule has 4 rings (SSSR count). The summed E-state index contributed by atoms with van der Waals surface area (Å²) in [5.74, 6) is 1.02. The zero-order chi connectivity index (χ0) is 22.5. The number of nitrogens with zero attached hydrogens (tertiary/aromatic N) is 5. The van der Waals surface area contributed by atoms with Gasteiger partial charge in [-0.1, -0.05) is 62.7 Å². The van der Waals surface area contributed by atoms with Crippen molar-refractivity contribution in [3.8, 4) is 17.2 Å². The Labute approximate surface area is 189 Å². The average molecular weight is 436 g/mol. The second-order valence-electron chi connectivity index (χ2n) is 9.63. The molecule has 3 heterocycles. The Morgan fingerprint density at radius 3 is 2.45 bits per heavy atom. The van der Waals surface area contributed by atoms with Crippen molar-refractivity contribution in [2.75, 3.05) is 25.5 Å². The van der Waals surface area contributed by atoms with E-state index in [1.165, 1.54) is 0 Å². The monoisotopic (exact) mass is 435 g/mol. The van der Waals surface area contributed by atoms with Crippen LogP contribution < -0.4 is 4.90 Å². The molecule has 162 valence electrons. The Bertz CT molecular complexity index is 1170. The summed E-state index contributed by atoms with van der Waals surface area (Å²) in [6.45, 7) is 9.29. The molecule has 1 aliphatic rings. The quantitative estimate of drug-likeness (QED) is 0.535. The molecule has 1 saturated heterocycles. The van der Waals surface area contributed by atoms with Crippen LogP contribution in [0.25, 0.3) is 16.6 Å². The van der Waals surface area contributed by atoms with Crippen molar-refractivity contribution in [2.24, 2.45) is 0 Å². The lowest BCUT2D eigenvalue weighted by atomic mass is 9.91. The molecular weight excluding hydrogens is 406 g/mol. The van der Waals surface area contributed by atoms with Gasteiger partial charge in [0.15, 0.2) is 0 Å². The summed E-state index contributed by atoms with van der Waals surface area (Å²) >= 11 is 6.91. The van der Waals surface area contributed by atoms with Crippen LogP contribution in [0.1, 0.15) is 50.4 Å². The molecule has 6 heteroatoms. The molecule has 1 unspecified atom stereocenters. The molecule has 0 amide bonds. The van der Waals surface area contributed by atoms with Crippen molar-refractivity contribution in [2.45, 2.75) is 52.1 Å². The maximum absolute atomic E-state index is 10.1. The lowest BCUT2D eigenvalue weighted by Crippen LogP contribution is -2.41. The highest BCUT2D eigenvalue weighted by atomic mass is 35.5. The number of hydrogen-bond acceptors (Lipinski definition) is 4. The summed E-state index contributed by atoms with van der Waals surface area (Å²) in [5, 5.41) is 15.8. The van der Waals surface area contributed by atoms with Crippen LogP contribution in [-0.4, -0.2) is 41.3 Å². The van der Waals surface area contributed by atoms with E-state index >= 15 is 0 Å². The van der Waals surface area contributed by atoms with Crippen molar-refractivity contribution in [3.63, 3.8) is 0 Å². The number of pyridine rings is 1. The molecule has 1 aliphatic heterocycles. The number of halogens is 1. The molecule has 0 radical (unpaired) electrons. The first-order valence-electron chi connectivity index (χ1n) is 10.8. The lowest BCUT2D eigenvalue weighted by Gasteiger charge is -2.34. The normalized spacial score (nSPS) is 17.0. The SMILES string of the molecule is Cc1c(-c2ccccc2)c(N2CCCC2N(C)C)n2nc(C(C)(C)C)c(Cl)c2c1C#N. The van der Waals surface area contributed by atoms with Gasteiger partial charge in [0, 0.05) is 17.5 Å². The van der Waals surface area contributed by atoms with E-state index in [1.807, 2.05) is 29.6 Å². The summed E-state index contributed by atoms with van der Waals surface area (Å²) in [5.41, 5.74) is 4.97. The second kappa shape index (κ2) is 7.85. The van der Waals surface area contributed by atoms with Gasteiger partial charge in [-0.2, -0.15) is 10.4 Å². The summed E-state index contributed by atoms with van der Waals surface area (Å²) in [4.78, 5) is 4.69. The third-order valence-corrected chi connectivity index (χ3v) is 6.57. The van der Waals surface area contributed by atoms with Crippen LogP contribution in [0.4, 0.5) is 5.82 Å². The van der Waals surface area contributed by atoms with Gasteiger partial charge in [-0.25, -0.2) is 4.52 Å². The first-order chi connectivity index (χ1) is 14.7. The highest BCUT2D eigenvalue weighted by molar-refractivity contribution is 6.35. The Kier molecular flexibility index (Phi) is 5.49. The summed E-state index contributed by atoms with van der Waals surface area (Å²) in [6, 6.07) is 12.7. The van der Waals surface area contributed by atoms with E-state index in [-0.39, 0.29) is 11.6 Å². The molecule has 5 nitrogen and oxygen atoms in total. The fourth-order valence-electron chi connectivity index (χ4n) is 4.71. The molecule has 0 aliphatic carbocycles. The fraction of sp³-hybridized carbons (Fsp3) is 0.440. The van der Waals surface area contributed by atoms with Gasteiger partial charge in [-0.15, -0.1) is 0 Å². The van der Waals surface area contributed by atoms with Crippen LogP contribution in [0.5, 0.6) is 0 Å². The van der Waals surface area contributed by atoms with Gasteiger partial charge in [0.1, 0.15) is 17.4 Å². The number of nitriles is 1. The number of fused-ring (bicyclic) bond motifs is 1. The molecule has 3 aromatic rings. The molecule has 0 saturated carbocycles. The van der Waals surface area contributed by atoms with E-state index in [0.717, 1.165) is 47.6 Å². The minimum Gasteiger partial charge on any atom is -0.340 e. The first kappa shape index (κ1) is 21.7. The third-order valence-electron chi connectivity index (χ3n) is 6.21. The van der Waals surface area contributed by atoms with Gasteiger partial charge in [-0.3, -0.25) is 4.90 Å². The van der Waals surface area contributed by atoms with E-state index in [9.17, 15) is 5.26 Å². The van der Waals surface area contributed by atoms with E-state index in [1.54, 1.807) is 0 Å². The van der Waals surface area contributed by atoms with Crippen molar-refractivity contribution < 1.29 is 0 Å². The smallest absolute Gasteiger partial charge is 0.140 e. The van der Waals surface area contributed by atoms with Crippen molar-refractivity contribution in [1.29, 1.82) is 5.26 Å². The molecule has 2 aromatic heterocycles. The minimum absolute atomic E-state index is 0.236.